The van der Waals surface area contributed by atoms with Crippen molar-refractivity contribution in [2.75, 3.05) is 0 Å². The number of carbonyl (C=O) groups excluding carboxylic acids is 1. The monoisotopic (exact) mass is 492 g/mol. The number of ether oxygens (including phenoxy) is 1. The van der Waals surface area contributed by atoms with E-state index in [1.807, 2.05) is 0 Å². The molecule has 0 amide bonds. The Morgan fingerprint density at radius 3 is 1.03 bits per heavy atom. The van der Waals surface area contributed by atoms with E-state index in [1.54, 1.807) is 0 Å². The van der Waals surface area contributed by atoms with Crippen molar-refractivity contribution in [1.29, 1.82) is 0 Å². The van der Waals surface area contributed by atoms with Crippen LogP contribution in [0.25, 0.3) is 0 Å². The molecule has 0 saturated carbocycles. The van der Waals surface area contributed by atoms with Gasteiger partial charge in [-0.15, -0.1) is 0 Å². The van der Waals surface area contributed by atoms with Gasteiger partial charge in [-0.2, -0.15) is 0 Å². The zero-order valence-electron chi connectivity index (χ0n) is 24.3. The van der Waals surface area contributed by atoms with Crippen LogP contribution in [0.1, 0.15) is 187 Å². The molecular formula is C33H64O2. The third-order valence-corrected chi connectivity index (χ3v) is 7.46. The van der Waals surface area contributed by atoms with Crippen molar-refractivity contribution in [1.82, 2.24) is 0 Å². The predicted octanol–water partition coefficient (Wildman–Crippen LogP) is 11.7. The summed E-state index contributed by atoms with van der Waals surface area (Å²) < 4.78 is 5.64. The summed E-state index contributed by atoms with van der Waals surface area (Å²) in [5, 5.41) is 0. The van der Waals surface area contributed by atoms with Crippen LogP contribution in [0.2, 0.25) is 0 Å². The van der Waals surface area contributed by atoms with Crippen molar-refractivity contribution in [3.05, 3.63) is 12.7 Å². The van der Waals surface area contributed by atoms with Gasteiger partial charge in [0, 0.05) is 6.08 Å². The van der Waals surface area contributed by atoms with Gasteiger partial charge in [0.15, 0.2) is 0 Å². The van der Waals surface area contributed by atoms with Gasteiger partial charge in [-0.05, 0) is 25.7 Å². The van der Waals surface area contributed by atoms with Crippen LogP contribution in [0.15, 0.2) is 12.7 Å². The molecule has 0 aromatic rings. The molecule has 0 rings (SSSR count). The van der Waals surface area contributed by atoms with Gasteiger partial charge in [0.25, 0.3) is 0 Å². The molecule has 0 aliphatic heterocycles. The number of esters is 1. The minimum Gasteiger partial charge on any atom is -0.459 e. The van der Waals surface area contributed by atoms with Gasteiger partial charge in [0.2, 0.25) is 0 Å². The average molecular weight is 493 g/mol. The van der Waals surface area contributed by atoms with Crippen molar-refractivity contribution in [3.8, 4) is 0 Å². The summed E-state index contributed by atoms with van der Waals surface area (Å²) in [6.07, 6.45) is 37.7. The number of carbonyl (C=O) groups is 1. The Kier molecular flexibility index (Phi) is 28.8. The molecule has 0 aliphatic rings. The highest BCUT2D eigenvalue weighted by Gasteiger charge is 2.12. The van der Waals surface area contributed by atoms with Crippen LogP contribution >= 0.6 is 0 Å². The molecular weight excluding hydrogens is 428 g/mol. The largest absolute Gasteiger partial charge is 0.459 e. The molecule has 0 aromatic heterocycles. The third kappa shape index (κ3) is 27.6. The molecule has 0 N–H and O–H groups in total. The molecule has 35 heavy (non-hydrogen) atoms. The fraction of sp³-hybridized carbons (Fsp3) is 0.909. The first-order valence-corrected chi connectivity index (χ1v) is 16.1. The Labute approximate surface area is 221 Å². The lowest BCUT2D eigenvalue weighted by molar-refractivity contribution is -0.143. The fourth-order valence-corrected chi connectivity index (χ4v) is 5.08. The first kappa shape index (κ1) is 34.2. The van der Waals surface area contributed by atoms with Gasteiger partial charge in [-0.1, -0.05) is 168 Å². The maximum Gasteiger partial charge on any atom is 0.330 e. The second-order valence-electron chi connectivity index (χ2n) is 11.0. The van der Waals surface area contributed by atoms with Crippen molar-refractivity contribution in [3.63, 3.8) is 0 Å². The SMILES string of the molecule is C=CC(=O)OC(CCCCCCCCCCCC)CCCCCCCCCCCCCCCCC. The highest BCUT2D eigenvalue weighted by Crippen LogP contribution is 2.18. The van der Waals surface area contributed by atoms with Gasteiger partial charge in [-0.25, -0.2) is 4.79 Å². The first-order chi connectivity index (χ1) is 17.2. The maximum absolute atomic E-state index is 11.7. The maximum atomic E-state index is 11.7. The number of hydrogen-bond acceptors (Lipinski definition) is 2. The van der Waals surface area contributed by atoms with E-state index in [4.69, 9.17) is 4.74 Å². The van der Waals surface area contributed by atoms with E-state index in [0.717, 1.165) is 12.8 Å². The molecule has 0 radical (unpaired) electrons. The second kappa shape index (κ2) is 29.4. The summed E-state index contributed by atoms with van der Waals surface area (Å²) in [6, 6.07) is 0. The van der Waals surface area contributed by atoms with Crippen LogP contribution < -0.4 is 0 Å². The summed E-state index contributed by atoms with van der Waals surface area (Å²) in [5.74, 6) is -0.247. The predicted molar refractivity (Wildman–Crippen MR) is 156 cm³/mol. The lowest BCUT2D eigenvalue weighted by Gasteiger charge is -2.17. The van der Waals surface area contributed by atoms with Crippen molar-refractivity contribution < 1.29 is 9.53 Å². The molecule has 2 heteroatoms. The zero-order valence-corrected chi connectivity index (χ0v) is 24.3. The Balaban J connectivity index is 3.60. The summed E-state index contributed by atoms with van der Waals surface area (Å²) in [6.45, 7) is 8.14. The van der Waals surface area contributed by atoms with Crippen LogP contribution in [-0.4, -0.2) is 12.1 Å². The first-order valence-electron chi connectivity index (χ1n) is 16.1. The van der Waals surface area contributed by atoms with Crippen LogP contribution in [0.4, 0.5) is 0 Å². The zero-order chi connectivity index (χ0) is 25.7. The van der Waals surface area contributed by atoms with Crippen LogP contribution in [0, 0.1) is 0 Å². The van der Waals surface area contributed by atoms with Crippen LogP contribution in [-0.2, 0) is 9.53 Å². The van der Waals surface area contributed by atoms with Gasteiger partial charge in [-0.3, -0.25) is 0 Å². The number of unbranched alkanes of at least 4 members (excludes halogenated alkanes) is 23. The average Bonchev–Trinajstić information content (AvgIpc) is 2.87. The van der Waals surface area contributed by atoms with E-state index in [0.29, 0.717) is 0 Å². The van der Waals surface area contributed by atoms with Crippen LogP contribution in [0.5, 0.6) is 0 Å². The van der Waals surface area contributed by atoms with E-state index in [2.05, 4.69) is 20.4 Å². The van der Waals surface area contributed by atoms with Crippen molar-refractivity contribution >= 4 is 5.97 Å². The molecule has 0 aromatic carbocycles. The summed E-state index contributed by atoms with van der Waals surface area (Å²) in [4.78, 5) is 11.7. The summed E-state index contributed by atoms with van der Waals surface area (Å²) >= 11 is 0. The molecule has 0 fully saturated rings. The smallest absolute Gasteiger partial charge is 0.330 e. The third-order valence-electron chi connectivity index (χ3n) is 7.46. The summed E-state index contributed by atoms with van der Waals surface area (Å²) in [5.41, 5.74) is 0. The Morgan fingerprint density at radius 2 is 0.771 bits per heavy atom. The molecule has 208 valence electrons. The van der Waals surface area contributed by atoms with E-state index in [-0.39, 0.29) is 12.1 Å². The summed E-state index contributed by atoms with van der Waals surface area (Å²) in [7, 11) is 0. The minimum absolute atomic E-state index is 0.0940. The molecule has 0 spiro atoms. The number of hydrogen-bond donors (Lipinski definition) is 0. The molecule has 0 bridgehead atoms. The normalized spacial score (nSPS) is 12.1. The topological polar surface area (TPSA) is 26.3 Å². The fourth-order valence-electron chi connectivity index (χ4n) is 5.08. The van der Waals surface area contributed by atoms with E-state index >= 15 is 0 Å². The van der Waals surface area contributed by atoms with Gasteiger partial charge < -0.3 is 4.74 Å². The van der Waals surface area contributed by atoms with Gasteiger partial charge in [0.1, 0.15) is 6.10 Å². The quantitative estimate of drug-likeness (QED) is 0.0589. The standard InChI is InChI=1S/C33H64O2/c1-4-7-9-11-13-15-17-18-19-20-21-23-25-27-29-31-32(35-33(34)6-3)30-28-26-24-22-16-14-12-10-8-5-2/h6,32H,3-5,7-31H2,1-2H3. The number of rotatable bonds is 29. The van der Waals surface area contributed by atoms with Gasteiger partial charge in [0.05, 0.1) is 0 Å². The van der Waals surface area contributed by atoms with Gasteiger partial charge >= 0.3 is 5.97 Å². The van der Waals surface area contributed by atoms with E-state index in [1.165, 1.54) is 167 Å². The van der Waals surface area contributed by atoms with Crippen LogP contribution in [0.3, 0.4) is 0 Å². The Morgan fingerprint density at radius 1 is 0.514 bits per heavy atom. The highest BCUT2D eigenvalue weighted by molar-refractivity contribution is 5.81. The van der Waals surface area contributed by atoms with Crippen molar-refractivity contribution in [2.24, 2.45) is 0 Å². The van der Waals surface area contributed by atoms with E-state index in [9.17, 15) is 4.79 Å². The minimum atomic E-state index is -0.247. The lowest BCUT2D eigenvalue weighted by atomic mass is 10.0. The molecule has 1 unspecified atom stereocenters. The Bertz CT molecular complexity index is 431. The molecule has 2 nitrogen and oxygen atoms in total. The molecule has 0 heterocycles. The highest BCUT2D eigenvalue weighted by atomic mass is 16.5. The second-order valence-corrected chi connectivity index (χ2v) is 11.0. The molecule has 1 atom stereocenters. The van der Waals surface area contributed by atoms with Crippen molar-refractivity contribution in [2.45, 2.75) is 193 Å². The van der Waals surface area contributed by atoms with E-state index < -0.39 is 0 Å². The molecule has 0 aliphatic carbocycles. The lowest BCUT2D eigenvalue weighted by Crippen LogP contribution is -2.16. The molecule has 0 saturated heterocycles. The Hall–Kier alpha value is -0.790.